The van der Waals surface area contributed by atoms with E-state index in [0.717, 1.165) is 17.7 Å². The summed E-state index contributed by atoms with van der Waals surface area (Å²) < 4.78 is 38.5. The average molecular weight is 445 g/mol. The number of benzene rings is 2. The fraction of sp³-hybridized carbons (Fsp3) is 0.435. The summed E-state index contributed by atoms with van der Waals surface area (Å²) in [5.41, 5.74) is 2.11. The summed E-state index contributed by atoms with van der Waals surface area (Å²) in [6.45, 7) is 2.62. The molecule has 0 spiro atoms. The van der Waals surface area contributed by atoms with E-state index in [2.05, 4.69) is 0 Å². The van der Waals surface area contributed by atoms with E-state index in [1.807, 2.05) is 36.1 Å². The Hall–Kier alpha value is -2.58. The van der Waals surface area contributed by atoms with E-state index in [1.54, 1.807) is 6.07 Å². The van der Waals surface area contributed by atoms with Crippen LogP contribution in [0.1, 0.15) is 25.3 Å². The van der Waals surface area contributed by atoms with Gasteiger partial charge in [-0.15, -0.1) is 0 Å². The maximum atomic E-state index is 13.4. The van der Waals surface area contributed by atoms with Crippen LogP contribution in [0, 0.1) is 5.92 Å². The molecule has 1 saturated heterocycles. The molecule has 0 bridgehead atoms. The summed E-state index contributed by atoms with van der Waals surface area (Å²) in [4.78, 5) is 15.4. The van der Waals surface area contributed by atoms with E-state index >= 15 is 0 Å². The highest BCUT2D eigenvalue weighted by Gasteiger charge is 2.39. The van der Waals surface area contributed by atoms with Gasteiger partial charge in [0, 0.05) is 30.9 Å². The van der Waals surface area contributed by atoms with Crippen molar-refractivity contribution in [2.24, 2.45) is 5.92 Å². The zero-order valence-electron chi connectivity index (χ0n) is 18.1. The van der Waals surface area contributed by atoms with Crippen molar-refractivity contribution in [2.75, 3.05) is 32.2 Å². The minimum absolute atomic E-state index is 0.00432. The van der Waals surface area contributed by atoms with Crippen LogP contribution in [0.25, 0.3) is 0 Å². The number of hydrogen-bond donors (Lipinski definition) is 0. The number of piperidine rings is 1. The maximum Gasteiger partial charge on any atom is 0.243 e. The molecule has 8 heteroatoms. The first-order valence-corrected chi connectivity index (χ1v) is 11.9. The van der Waals surface area contributed by atoms with Gasteiger partial charge in [-0.1, -0.05) is 18.2 Å². The van der Waals surface area contributed by atoms with Crippen molar-refractivity contribution in [1.29, 1.82) is 0 Å². The van der Waals surface area contributed by atoms with E-state index in [0.29, 0.717) is 30.9 Å². The summed E-state index contributed by atoms with van der Waals surface area (Å²) >= 11 is 0. The molecule has 1 fully saturated rings. The first-order valence-electron chi connectivity index (χ1n) is 10.5. The number of nitrogens with zero attached hydrogens (tertiary/aromatic N) is 2. The number of fused-ring (bicyclic) bond motifs is 1. The van der Waals surface area contributed by atoms with Crippen LogP contribution in [-0.4, -0.2) is 52.0 Å². The van der Waals surface area contributed by atoms with Crippen molar-refractivity contribution in [3.63, 3.8) is 0 Å². The maximum absolute atomic E-state index is 13.4. The molecular formula is C23H28N2O5S. The third-order valence-corrected chi connectivity index (χ3v) is 8.03. The molecule has 2 aromatic carbocycles. The lowest BCUT2D eigenvalue weighted by molar-refractivity contribution is -0.123. The van der Waals surface area contributed by atoms with Gasteiger partial charge in [-0.2, -0.15) is 4.31 Å². The Morgan fingerprint density at radius 3 is 2.55 bits per heavy atom. The lowest BCUT2D eigenvalue weighted by Crippen LogP contribution is -2.48. The van der Waals surface area contributed by atoms with Crippen molar-refractivity contribution in [3.8, 4) is 11.5 Å². The Morgan fingerprint density at radius 1 is 1.06 bits per heavy atom. The Morgan fingerprint density at radius 2 is 1.81 bits per heavy atom. The SMILES string of the molecule is COc1ccc(S(=O)(=O)N2CCC[C@H](C(=O)N3c4ccccc4C[C@H]3C)C2)cc1OC. The quantitative estimate of drug-likeness (QED) is 0.708. The van der Waals surface area contributed by atoms with Gasteiger partial charge in [0.05, 0.1) is 25.0 Å². The fourth-order valence-corrected chi connectivity index (χ4v) is 6.13. The fourth-order valence-electron chi connectivity index (χ4n) is 4.59. The Kier molecular flexibility index (Phi) is 5.94. The minimum atomic E-state index is -3.76. The van der Waals surface area contributed by atoms with E-state index in [1.165, 1.54) is 30.7 Å². The van der Waals surface area contributed by atoms with Gasteiger partial charge in [-0.3, -0.25) is 4.79 Å². The van der Waals surface area contributed by atoms with Crippen molar-refractivity contribution < 1.29 is 22.7 Å². The normalized spacial score (nSPS) is 21.6. The van der Waals surface area contributed by atoms with Gasteiger partial charge in [0.2, 0.25) is 15.9 Å². The number of ether oxygens (including phenoxy) is 2. The molecular weight excluding hydrogens is 416 g/mol. The zero-order chi connectivity index (χ0) is 22.2. The minimum Gasteiger partial charge on any atom is -0.493 e. The van der Waals surface area contributed by atoms with Crippen LogP contribution in [0.4, 0.5) is 5.69 Å². The molecule has 0 aliphatic carbocycles. The van der Waals surface area contributed by atoms with Gasteiger partial charge in [0.25, 0.3) is 0 Å². The second-order valence-corrected chi connectivity index (χ2v) is 10.0. The number of anilines is 1. The highest BCUT2D eigenvalue weighted by Crippen LogP contribution is 2.36. The molecule has 2 heterocycles. The van der Waals surface area contributed by atoms with E-state index in [4.69, 9.17) is 9.47 Å². The van der Waals surface area contributed by atoms with Crippen molar-refractivity contribution in [2.45, 2.75) is 37.1 Å². The Balaban J connectivity index is 1.57. The largest absolute Gasteiger partial charge is 0.493 e. The lowest BCUT2D eigenvalue weighted by Gasteiger charge is -2.34. The smallest absolute Gasteiger partial charge is 0.243 e. The topological polar surface area (TPSA) is 76.2 Å². The van der Waals surface area contributed by atoms with Gasteiger partial charge in [-0.05, 0) is 49.9 Å². The van der Waals surface area contributed by atoms with E-state index < -0.39 is 10.0 Å². The third kappa shape index (κ3) is 3.90. The zero-order valence-corrected chi connectivity index (χ0v) is 18.9. The standard InChI is InChI=1S/C23H28N2O5S/c1-16-13-17-7-4-5-9-20(17)25(16)23(26)18-8-6-12-24(15-18)31(27,28)19-10-11-21(29-2)22(14-19)30-3/h4-5,7,9-11,14,16,18H,6,8,12-13,15H2,1-3H3/t16-,18+/m1/s1. The van der Waals surface area contributed by atoms with Crippen LogP contribution in [0.15, 0.2) is 47.4 Å². The number of sulfonamides is 1. The number of hydrogen-bond acceptors (Lipinski definition) is 5. The summed E-state index contributed by atoms with van der Waals surface area (Å²) in [7, 11) is -0.781. The lowest BCUT2D eigenvalue weighted by atomic mass is 9.97. The molecule has 1 amide bonds. The molecule has 2 aliphatic heterocycles. The summed E-state index contributed by atoms with van der Waals surface area (Å²) in [5.74, 6) is 0.465. The number of methoxy groups -OCH3 is 2. The average Bonchev–Trinajstić information content (AvgIpc) is 3.13. The number of carbonyl (C=O) groups is 1. The molecule has 0 radical (unpaired) electrons. The summed E-state index contributed by atoms with van der Waals surface area (Å²) in [6.07, 6.45) is 2.15. The molecule has 0 aromatic heterocycles. The number of amides is 1. The van der Waals surface area contributed by atoms with Crippen LogP contribution in [-0.2, 0) is 21.2 Å². The van der Waals surface area contributed by atoms with E-state index in [-0.39, 0.29) is 29.3 Å². The van der Waals surface area contributed by atoms with Crippen molar-refractivity contribution in [1.82, 2.24) is 4.31 Å². The van der Waals surface area contributed by atoms with Crippen LogP contribution in [0.3, 0.4) is 0 Å². The molecule has 0 saturated carbocycles. The molecule has 0 unspecified atom stereocenters. The number of carbonyl (C=O) groups excluding carboxylic acids is 1. The van der Waals surface area contributed by atoms with Gasteiger partial charge in [-0.25, -0.2) is 8.42 Å². The highest BCUT2D eigenvalue weighted by molar-refractivity contribution is 7.89. The second kappa shape index (κ2) is 8.51. The van der Waals surface area contributed by atoms with Crippen molar-refractivity contribution in [3.05, 3.63) is 48.0 Å². The highest BCUT2D eigenvalue weighted by atomic mass is 32.2. The number of rotatable bonds is 5. The predicted molar refractivity (Wildman–Crippen MR) is 118 cm³/mol. The molecule has 2 aliphatic rings. The first kappa shape index (κ1) is 21.6. The molecule has 2 atom stereocenters. The second-order valence-electron chi connectivity index (χ2n) is 8.11. The first-order chi connectivity index (χ1) is 14.9. The van der Waals surface area contributed by atoms with Crippen LogP contribution >= 0.6 is 0 Å². The molecule has 2 aromatic rings. The van der Waals surface area contributed by atoms with Crippen LogP contribution < -0.4 is 14.4 Å². The Labute approximate surface area is 183 Å². The number of para-hydroxylation sites is 1. The van der Waals surface area contributed by atoms with Gasteiger partial charge in [0.1, 0.15) is 0 Å². The molecule has 0 N–H and O–H groups in total. The van der Waals surface area contributed by atoms with Crippen LogP contribution in [0.5, 0.6) is 11.5 Å². The van der Waals surface area contributed by atoms with E-state index in [9.17, 15) is 13.2 Å². The van der Waals surface area contributed by atoms with Crippen molar-refractivity contribution >= 4 is 21.6 Å². The van der Waals surface area contributed by atoms with Crippen LogP contribution in [0.2, 0.25) is 0 Å². The predicted octanol–water partition coefficient (Wildman–Crippen LogP) is 3.08. The van der Waals surface area contributed by atoms with Gasteiger partial charge >= 0.3 is 0 Å². The third-order valence-electron chi connectivity index (χ3n) is 6.17. The monoisotopic (exact) mass is 444 g/mol. The molecule has 31 heavy (non-hydrogen) atoms. The molecule has 4 rings (SSSR count). The summed E-state index contributed by atoms with van der Waals surface area (Å²) in [5, 5.41) is 0. The summed E-state index contributed by atoms with van der Waals surface area (Å²) in [6, 6.07) is 12.6. The Bertz CT molecular complexity index is 1090. The van der Waals surface area contributed by atoms with Gasteiger partial charge in [0.15, 0.2) is 11.5 Å². The molecule has 166 valence electrons. The molecule has 7 nitrogen and oxygen atoms in total. The van der Waals surface area contributed by atoms with Gasteiger partial charge < -0.3 is 14.4 Å².